The Balaban J connectivity index is 1.82. The van der Waals surface area contributed by atoms with Gasteiger partial charge in [-0.1, -0.05) is 17.7 Å². The van der Waals surface area contributed by atoms with Crippen molar-refractivity contribution >= 4 is 33.0 Å². The minimum atomic E-state index is -3.29. The van der Waals surface area contributed by atoms with Crippen LogP contribution in [0.4, 0.5) is 5.69 Å². The van der Waals surface area contributed by atoms with E-state index >= 15 is 0 Å². The van der Waals surface area contributed by atoms with Crippen LogP contribution < -0.4 is 5.32 Å². The van der Waals surface area contributed by atoms with Crippen LogP contribution in [0, 0.1) is 6.92 Å². The number of anilines is 1. The van der Waals surface area contributed by atoms with Crippen molar-refractivity contribution in [2.45, 2.75) is 11.8 Å². The second-order valence-electron chi connectivity index (χ2n) is 5.65. The summed E-state index contributed by atoms with van der Waals surface area (Å²) in [5, 5.41) is 11.7. The molecule has 26 heavy (non-hydrogen) atoms. The number of rotatable bonds is 4. The molecule has 1 amide bonds. The maximum absolute atomic E-state index is 12.5. The molecule has 3 rings (SSSR count). The van der Waals surface area contributed by atoms with E-state index in [9.17, 15) is 13.2 Å². The predicted molar refractivity (Wildman–Crippen MR) is 98.6 cm³/mol. The molecule has 1 aromatic heterocycles. The lowest BCUT2D eigenvalue weighted by atomic mass is 10.3. The van der Waals surface area contributed by atoms with Gasteiger partial charge in [-0.3, -0.25) is 4.79 Å². The molecule has 0 saturated heterocycles. The number of carbonyl (C=O) groups excluding carboxylic acids is 1. The Morgan fingerprint density at radius 1 is 1.12 bits per heavy atom. The van der Waals surface area contributed by atoms with Gasteiger partial charge in [0, 0.05) is 17.0 Å². The first-order valence-electron chi connectivity index (χ1n) is 7.55. The highest BCUT2D eigenvalue weighted by Gasteiger charge is 2.17. The molecule has 7 nitrogen and oxygen atoms in total. The summed E-state index contributed by atoms with van der Waals surface area (Å²) in [6.07, 6.45) is 1.12. The molecule has 1 heterocycles. The van der Waals surface area contributed by atoms with E-state index in [-0.39, 0.29) is 10.6 Å². The van der Waals surface area contributed by atoms with E-state index < -0.39 is 15.7 Å². The Bertz CT molecular complexity index is 1080. The summed E-state index contributed by atoms with van der Waals surface area (Å²) in [7, 11) is -3.29. The lowest BCUT2D eigenvalue weighted by Gasteiger charge is -2.04. The minimum Gasteiger partial charge on any atom is -0.321 e. The van der Waals surface area contributed by atoms with E-state index in [4.69, 9.17) is 11.6 Å². The van der Waals surface area contributed by atoms with Crippen molar-refractivity contribution in [3.63, 3.8) is 0 Å². The van der Waals surface area contributed by atoms with Crippen molar-refractivity contribution < 1.29 is 13.2 Å². The molecule has 9 heteroatoms. The van der Waals surface area contributed by atoms with Crippen molar-refractivity contribution in [2.75, 3.05) is 11.6 Å². The molecule has 0 aliphatic carbocycles. The number of hydrogen-bond donors (Lipinski definition) is 1. The second-order valence-corrected chi connectivity index (χ2v) is 8.11. The number of halogens is 1. The molecular weight excluding hydrogens is 376 g/mol. The number of amides is 1. The standard InChI is InChI=1S/C17H15ClN4O3S/c1-11-16(21-22(20-11)14-5-3-4-12(18)10-14)17(23)19-13-6-8-15(9-7-13)26(2,24)25/h3-10H,1-2H3,(H,19,23). The van der Waals surface area contributed by atoms with Crippen molar-refractivity contribution in [1.82, 2.24) is 15.0 Å². The molecule has 134 valence electrons. The van der Waals surface area contributed by atoms with Crippen LogP contribution in [0.15, 0.2) is 53.4 Å². The predicted octanol–water partition coefficient (Wildman–Crippen LogP) is 2.88. The summed E-state index contributed by atoms with van der Waals surface area (Å²) >= 11 is 5.97. The third kappa shape index (κ3) is 3.92. The molecule has 0 bridgehead atoms. The largest absolute Gasteiger partial charge is 0.321 e. The fraction of sp³-hybridized carbons (Fsp3) is 0.118. The highest BCUT2D eigenvalue weighted by Crippen LogP contribution is 2.17. The third-order valence-electron chi connectivity index (χ3n) is 3.58. The summed E-state index contributed by atoms with van der Waals surface area (Å²) in [6.45, 7) is 1.68. The van der Waals surface area contributed by atoms with Gasteiger partial charge in [0.05, 0.1) is 16.3 Å². The lowest BCUT2D eigenvalue weighted by molar-refractivity contribution is 0.102. The maximum atomic E-state index is 12.5. The Labute approximate surface area is 155 Å². The van der Waals surface area contributed by atoms with Gasteiger partial charge in [-0.05, 0) is 49.4 Å². The first kappa shape index (κ1) is 18.1. The molecule has 2 aromatic carbocycles. The molecule has 0 saturated carbocycles. The molecule has 0 unspecified atom stereocenters. The van der Waals surface area contributed by atoms with Crippen LogP contribution in [0.2, 0.25) is 5.02 Å². The molecule has 0 fully saturated rings. The number of aryl methyl sites for hydroxylation is 1. The maximum Gasteiger partial charge on any atom is 0.278 e. The second kappa shape index (κ2) is 6.89. The summed E-state index contributed by atoms with van der Waals surface area (Å²) in [6, 6.07) is 12.9. The molecule has 0 radical (unpaired) electrons. The van der Waals surface area contributed by atoms with Gasteiger partial charge in [0.25, 0.3) is 5.91 Å². The number of sulfone groups is 1. The zero-order valence-electron chi connectivity index (χ0n) is 14.0. The number of aromatic nitrogens is 3. The normalized spacial score (nSPS) is 11.3. The first-order chi connectivity index (χ1) is 12.2. The van der Waals surface area contributed by atoms with Crippen molar-refractivity contribution in [1.29, 1.82) is 0 Å². The quantitative estimate of drug-likeness (QED) is 0.739. The minimum absolute atomic E-state index is 0.164. The van der Waals surface area contributed by atoms with E-state index in [2.05, 4.69) is 15.5 Å². The van der Waals surface area contributed by atoms with Gasteiger partial charge in [-0.15, -0.1) is 5.10 Å². The van der Waals surface area contributed by atoms with Crippen LogP contribution in [-0.4, -0.2) is 35.6 Å². The summed E-state index contributed by atoms with van der Waals surface area (Å²) in [4.78, 5) is 14.0. The third-order valence-corrected chi connectivity index (χ3v) is 4.94. The van der Waals surface area contributed by atoms with Crippen LogP contribution in [0.25, 0.3) is 5.69 Å². The van der Waals surface area contributed by atoms with E-state index in [1.165, 1.54) is 29.1 Å². The number of hydrogen-bond acceptors (Lipinski definition) is 5. The Morgan fingerprint density at radius 2 is 1.81 bits per heavy atom. The number of benzene rings is 2. The van der Waals surface area contributed by atoms with Crippen LogP contribution >= 0.6 is 11.6 Å². The van der Waals surface area contributed by atoms with Gasteiger partial charge < -0.3 is 5.32 Å². The Kier molecular flexibility index (Phi) is 4.80. The molecule has 0 spiro atoms. The van der Waals surface area contributed by atoms with Gasteiger partial charge in [0.2, 0.25) is 0 Å². The number of nitrogens with one attached hydrogen (secondary N) is 1. The van der Waals surface area contributed by atoms with Gasteiger partial charge in [-0.25, -0.2) is 8.42 Å². The summed E-state index contributed by atoms with van der Waals surface area (Å²) < 4.78 is 23.0. The smallest absolute Gasteiger partial charge is 0.278 e. The van der Waals surface area contributed by atoms with E-state index in [1.807, 2.05) is 0 Å². The molecule has 0 aliphatic rings. The van der Waals surface area contributed by atoms with Gasteiger partial charge in [0.15, 0.2) is 15.5 Å². The lowest BCUT2D eigenvalue weighted by Crippen LogP contribution is -2.14. The van der Waals surface area contributed by atoms with Crippen LogP contribution in [-0.2, 0) is 9.84 Å². The molecule has 0 atom stereocenters. The number of nitrogens with zero attached hydrogens (tertiary/aromatic N) is 3. The fourth-order valence-electron chi connectivity index (χ4n) is 2.28. The highest BCUT2D eigenvalue weighted by molar-refractivity contribution is 7.90. The van der Waals surface area contributed by atoms with Gasteiger partial charge in [-0.2, -0.15) is 9.90 Å². The topological polar surface area (TPSA) is 93.9 Å². The molecule has 1 N–H and O–H groups in total. The van der Waals surface area contributed by atoms with Crippen LogP contribution in [0.5, 0.6) is 0 Å². The molecule has 0 aliphatic heterocycles. The van der Waals surface area contributed by atoms with E-state index in [1.54, 1.807) is 31.2 Å². The highest BCUT2D eigenvalue weighted by atomic mass is 35.5. The zero-order chi connectivity index (χ0) is 18.9. The monoisotopic (exact) mass is 390 g/mol. The zero-order valence-corrected chi connectivity index (χ0v) is 15.5. The van der Waals surface area contributed by atoms with Crippen molar-refractivity contribution in [3.05, 3.63) is 64.9 Å². The summed E-state index contributed by atoms with van der Waals surface area (Å²) in [5.41, 5.74) is 1.71. The molecular formula is C17H15ClN4O3S. The number of carbonyl (C=O) groups is 1. The average molecular weight is 391 g/mol. The van der Waals surface area contributed by atoms with Crippen LogP contribution in [0.1, 0.15) is 16.2 Å². The van der Waals surface area contributed by atoms with Gasteiger partial charge in [0.1, 0.15) is 0 Å². The van der Waals surface area contributed by atoms with Crippen molar-refractivity contribution in [3.8, 4) is 5.69 Å². The van der Waals surface area contributed by atoms with E-state index in [0.29, 0.717) is 22.1 Å². The Hall–Kier alpha value is -2.71. The Morgan fingerprint density at radius 3 is 2.42 bits per heavy atom. The molecule has 3 aromatic rings. The van der Waals surface area contributed by atoms with E-state index in [0.717, 1.165) is 6.26 Å². The SMILES string of the molecule is Cc1nn(-c2cccc(Cl)c2)nc1C(=O)Nc1ccc(S(C)(=O)=O)cc1. The van der Waals surface area contributed by atoms with Crippen molar-refractivity contribution in [2.24, 2.45) is 0 Å². The first-order valence-corrected chi connectivity index (χ1v) is 9.82. The van der Waals surface area contributed by atoms with Gasteiger partial charge >= 0.3 is 0 Å². The average Bonchev–Trinajstić information content (AvgIpc) is 2.96. The van der Waals surface area contributed by atoms with Crippen LogP contribution in [0.3, 0.4) is 0 Å². The fourth-order valence-corrected chi connectivity index (χ4v) is 3.10. The summed E-state index contributed by atoms with van der Waals surface area (Å²) in [5.74, 6) is -0.442.